The molecule has 0 radical (unpaired) electrons. The van der Waals surface area contributed by atoms with Crippen molar-refractivity contribution in [1.29, 1.82) is 0 Å². The molecule has 0 bridgehead atoms. The highest BCUT2D eigenvalue weighted by molar-refractivity contribution is 5.93. The van der Waals surface area contributed by atoms with Crippen molar-refractivity contribution < 1.29 is 4.39 Å². The lowest BCUT2D eigenvalue weighted by atomic mass is 10.3. The minimum atomic E-state index is -0.262. The topological polar surface area (TPSA) is 36.4 Å². The minimum Gasteiger partial charge on any atom is -0.356 e. The van der Waals surface area contributed by atoms with Gasteiger partial charge in [0.05, 0.1) is 5.69 Å². The van der Waals surface area contributed by atoms with Crippen LogP contribution in [0.3, 0.4) is 0 Å². The van der Waals surface area contributed by atoms with Gasteiger partial charge < -0.3 is 10.6 Å². The van der Waals surface area contributed by atoms with Crippen molar-refractivity contribution in [3.63, 3.8) is 0 Å². The first kappa shape index (κ1) is 8.99. The van der Waals surface area contributed by atoms with Crippen LogP contribution in [0.25, 0.3) is 0 Å². The summed E-state index contributed by atoms with van der Waals surface area (Å²) in [5.74, 6) is 0.393. The Kier molecular flexibility index (Phi) is 2.62. The maximum absolute atomic E-state index is 13.2. The molecule has 0 unspecified atom stereocenters. The van der Waals surface area contributed by atoms with Gasteiger partial charge in [-0.25, -0.2) is 4.39 Å². The molecule has 3 nitrogen and oxygen atoms in total. The smallest absolute Gasteiger partial charge is 0.195 e. The van der Waals surface area contributed by atoms with Crippen LogP contribution >= 0.6 is 0 Å². The number of nitrogens with one attached hydrogen (secondary N) is 2. The van der Waals surface area contributed by atoms with E-state index in [1.165, 1.54) is 6.07 Å². The lowest BCUT2D eigenvalue weighted by molar-refractivity contribution is 0.631. The molecule has 0 amide bonds. The van der Waals surface area contributed by atoms with Crippen LogP contribution in [0.4, 0.5) is 10.1 Å². The third-order valence-corrected chi connectivity index (χ3v) is 2.02. The third kappa shape index (κ3) is 2.02. The summed E-state index contributed by atoms with van der Waals surface area (Å²) in [6, 6.07) is 6.56. The van der Waals surface area contributed by atoms with E-state index < -0.39 is 0 Å². The molecule has 2 N–H and O–H groups in total. The van der Waals surface area contributed by atoms with Gasteiger partial charge in [-0.2, -0.15) is 0 Å². The molecule has 14 heavy (non-hydrogen) atoms. The molecule has 1 heterocycles. The quantitative estimate of drug-likeness (QED) is 0.710. The summed E-state index contributed by atoms with van der Waals surface area (Å²) >= 11 is 0. The van der Waals surface area contributed by atoms with Crippen LogP contribution in [0.1, 0.15) is 6.42 Å². The Labute approximate surface area is 82.0 Å². The molecule has 0 atom stereocenters. The fraction of sp³-hybridized carbons (Fsp3) is 0.300. The molecule has 74 valence electrons. The molecular weight excluding hydrogens is 181 g/mol. The van der Waals surface area contributed by atoms with Gasteiger partial charge >= 0.3 is 0 Å². The summed E-state index contributed by atoms with van der Waals surface area (Å²) in [5, 5.41) is 5.98. The summed E-state index contributed by atoms with van der Waals surface area (Å²) in [6.07, 6.45) is 1.03. The fourth-order valence-corrected chi connectivity index (χ4v) is 1.31. The molecule has 0 saturated heterocycles. The second-order valence-corrected chi connectivity index (χ2v) is 3.12. The second-order valence-electron chi connectivity index (χ2n) is 3.12. The van der Waals surface area contributed by atoms with E-state index >= 15 is 0 Å². The van der Waals surface area contributed by atoms with Gasteiger partial charge in [0.2, 0.25) is 0 Å². The number of hydrogen-bond donors (Lipinski definition) is 2. The van der Waals surface area contributed by atoms with E-state index in [-0.39, 0.29) is 5.82 Å². The Morgan fingerprint density at radius 3 is 2.93 bits per heavy atom. The Hall–Kier alpha value is -1.58. The lowest BCUT2D eigenvalue weighted by Gasteiger charge is -2.16. The highest BCUT2D eigenvalue weighted by Gasteiger charge is 2.06. The third-order valence-electron chi connectivity index (χ3n) is 2.02. The first-order chi connectivity index (χ1) is 6.86. The number of rotatable bonds is 1. The number of benzene rings is 1. The van der Waals surface area contributed by atoms with Crippen molar-refractivity contribution >= 4 is 11.6 Å². The zero-order chi connectivity index (χ0) is 9.80. The standard InChI is InChI=1S/C10H12FN3/c11-8-4-1-2-5-9(8)14-10-12-6-3-7-13-10/h1-2,4-5H,3,6-7H2,(H2,12,13,14). The van der Waals surface area contributed by atoms with Gasteiger partial charge in [0.25, 0.3) is 0 Å². The average Bonchev–Trinajstić information content (AvgIpc) is 2.23. The van der Waals surface area contributed by atoms with Gasteiger partial charge in [-0.05, 0) is 18.6 Å². The zero-order valence-electron chi connectivity index (χ0n) is 7.76. The average molecular weight is 193 g/mol. The first-order valence-electron chi connectivity index (χ1n) is 4.66. The Morgan fingerprint density at radius 1 is 1.36 bits per heavy atom. The van der Waals surface area contributed by atoms with Crippen molar-refractivity contribution in [1.82, 2.24) is 5.32 Å². The number of hydrogen-bond acceptors (Lipinski definition) is 3. The predicted molar refractivity (Wildman–Crippen MR) is 54.9 cm³/mol. The van der Waals surface area contributed by atoms with Crippen LogP contribution in [0, 0.1) is 5.82 Å². The number of anilines is 1. The highest BCUT2D eigenvalue weighted by atomic mass is 19.1. The van der Waals surface area contributed by atoms with Gasteiger partial charge in [-0.15, -0.1) is 0 Å². The molecule has 0 spiro atoms. The monoisotopic (exact) mass is 193 g/mol. The second kappa shape index (κ2) is 4.09. The molecule has 0 saturated carbocycles. The molecule has 4 heteroatoms. The summed E-state index contributed by atoms with van der Waals surface area (Å²) < 4.78 is 13.2. The van der Waals surface area contributed by atoms with Crippen molar-refractivity contribution in [2.75, 3.05) is 18.4 Å². The summed E-state index contributed by atoms with van der Waals surface area (Å²) in [4.78, 5) is 4.19. The van der Waals surface area contributed by atoms with E-state index in [2.05, 4.69) is 15.6 Å². The van der Waals surface area contributed by atoms with E-state index in [9.17, 15) is 4.39 Å². The van der Waals surface area contributed by atoms with Crippen molar-refractivity contribution in [3.05, 3.63) is 30.1 Å². The maximum atomic E-state index is 13.2. The number of halogens is 1. The number of aliphatic imine (C=N–C) groups is 1. The molecule has 1 aliphatic heterocycles. The first-order valence-corrected chi connectivity index (χ1v) is 4.66. The molecule has 1 aliphatic rings. The molecule has 2 rings (SSSR count). The van der Waals surface area contributed by atoms with Gasteiger partial charge in [-0.1, -0.05) is 12.1 Å². The van der Waals surface area contributed by atoms with Gasteiger partial charge in [0.15, 0.2) is 5.96 Å². The van der Waals surface area contributed by atoms with Crippen LogP contribution in [0.5, 0.6) is 0 Å². The van der Waals surface area contributed by atoms with Crippen molar-refractivity contribution in [2.45, 2.75) is 6.42 Å². The van der Waals surface area contributed by atoms with Crippen molar-refractivity contribution in [2.24, 2.45) is 4.99 Å². The van der Waals surface area contributed by atoms with Crippen LogP contribution in [-0.4, -0.2) is 19.0 Å². The summed E-state index contributed by atoms with van der Waals surface area (Å²) in [6.45, 7) is 1.68. The van der Waals surface area contributed by atoms with Gasteiger partial charge in [-0.3, -0.25) is 4.99 Å². The molecule has 1 aromatic carbocycles. The number of guanidine groups is 1. The van der Waals surface area contributed by atoms with Crippen LogP contribution < -0.4 is 10.6 Å². The van der Waals surface area contributed by atoms with Gasteiger partial charge in [0.1, 0.15) is 5.82 Å². The van der Waals surface area contributed by atoms with Crippen LogP contribution in [0.15, 0.2) is 29.3 Å². The molecule has 0 aliphatic carbocycles. The molecule has 1 aromatic rings. The van der Waals surface area contributed by atoms with E-state index in [1.807, 2.05) is 0 Å². The van der Waals surface area contributed by atoms with Crippen LogP contribution in [0.2, 0.25) is 0 Å². The minimum absolute atomic E-state index is 0.262. The Bertz CT molecular complexity index is 349. The molecule has 0 fully saturated rings. The fourth-order valence-electron chi connectivity index (χ4n) is 1.31. The highest BCUT2D eigenvalue weighted by Crippen LogP contribution is 2.12. The lowest BCUT2D eigenvalue weighted by Crippen LogP contribution is -2.35. The maximum Gasteiger partial charge on any atom is 0.195 e. The molecular formula is C10H12FN3. The van der Waals surface area contributed by atoms with Crippen molar-refractivity contribution in [3.8, 4) is 0 Å². The van der Waals surface area contributed by atoms with Crippen LogP contribution in [-0.2, 0) is 0 Å². The Morgan fingerprint density at radius 2 is 2.21 bits per heavy atom. The SMILES string of the molecule is Fc1ccccc1NC1=NCCCN1. The van der Waals surface area contributed by atoms with E-state index in [1.54, 1.807) is 18.2 Å². The number of para-hydroxylation sites is 1. The summed E-state index contributed by atoms with van der Waals surface area (Å²) in [5.41, 5.74) is 0.459. The zero-order valence-corrected chi connectivity index (χ0v) is 7.76. The van der Waals surface area contributed by atoms with E-state index in [0.717, 1.165) is 19.5 Å². The van der Waals surface area contributed by atoms with Gasteiger partial charge in [0, 0.05) is 13.1 Å². The summed E-state index contributed by atoms with van der Waals surface area (Å²) in [7, 11) is 0. The van der Waals surface area contributed by atoms with E-state index in [0.29, 0.717) is 11.6 Å². The molecule has 0 aromatic heterocycles. The normalized spacial score (nSPS) is 15.6. The largest absolute Gasteiger partial charge is 0.356 e. The predicted octanol–water partition coefficient (Wildman–Crippen LogP) is 1.59. The van der Waals surface area contributed by atoms with E-state index in [4.69, 9.17) is 0 Å². The number of nitrogens with zero attached hydrogens (tertiary/aromatic N) is 1. The Balaban J connectivity index is 2.10.